The minimum atomic E-state index is -6.60. The molecule has 0 atom stereocenters. The van der Waals surface area contributed by atoms with Crippen LogP contribution >= 0.6 is 22.6 Å². The lowest BCUT2D eigenvalue weighted by Crippen LogP contribution is -3.63. The lowest BCUT2D eigenvalue weighted by molar-refractivity contribution is -0.671. The molecule has 0 aliphatic rings. The highest BCUT2D eigenvalue weighted by Crippen LogP contribution is 2.37. The fourth-order valence-corrected chi connectivity index (χ4v) is 9.31. The summed E-state index contributed by atoms with van der Waals surface area (Å²) in [6.07, 6.45) is -1.94. The van der Waals surface area contributed by atoms with E-state index in [-0.39, 0.29) is 20.7 Å². The third-order valence-electron chi connectivity index (χ3n) is 6.32. The minimum Gasteiger partial charge on any atom is -0.341 e. The zero-order valence-corrected chi connectivity index (χ0v) is 42.6. The molecule has 2 N–H and O–H groups in total. The first-order valence-corrected chi connectivity index (χ1v) is 26.6. The maximum Gasteiger partial charge on any atom is 0.512 e. The van der Waals surface area contributed by atoms with Gasteiger partial charge in [-0.1, -0.05) is 23.1 Å². The maximum atomic E-state index is 12.5. The standard InChI is InChI=1S/C9H6F6I.C7H8F5N2.C6H4FI.C4H6N2.2C2HF6NO4S2.2CH4/c10-6-1-3-7(4-2-6)16-5-8(11,12)9(13,14)15;1-13-2-3-14(5-13)4-6(8,9)7(10,11)12;7-5-1-3-6(8)4-2-5;1-6-3-2-5-4-6;2*3-1(4,5)14(10,11)9-15(12,13)2(6,7)8;;/h1-4H,5H2;2-3,5H,4H2,1H3;1-4H;2-4H,1H3;2*9H;2*1H4/q2*+1;;;;;;. The van der Waals surface area contributed by atoms with E-state index in [1.807, 2.05) is 17.8 Å². The Hall–Kier alpha value is -3.64. The van der Waals surface area contributed by atoms with Gasteiger partial charge in [-0.15, -0.1) is 0 Å². The van der Waals surface area contributed by atoms with E-state index in [2.05, 4.69) is 27.6 Å². The molecule has 4 aromatic rings. The summed E-state index contributed by atoms with van der Waals surface area (Å²) in [5, 5.41) is 0. The topological polar surface area (TPSA) is 187 Å². The van der Waals surface area contributed by atoms with Crippen molar-refractivity contribution in [3.8, 4) is 0 Å². The van der Waals surface area contributed by atoms with E-state index in [0.717, 1.165) is 32.8 Å². The van der Waals surface area contributed by atoms with Gasteiger partial charge < -0.3 is 4.57 Å². The number of rotatable bonds is 9. The summed E-state index contributed by atoms with van der Waals surface area (Å²) >= 11 is 0.651. The van der Waals surface area contributed by atoms with E-state index in [4.69, 9.17) is 0 Å². The molecule has 2 aromatic carbocycles. The number of nitrogens with zero attached hydrogens (tertiary/aromatic N) is 4. The molecule has 0 aliphatic heterocycles. The fourth-order valence-electron chi connectivity index (χ4n) is 2.90. The van der Waals surface area contributed by atoms with Gasteiger partial charge >= 0.3 is 108 Å². The second-order valence-electron chi connectivity index (χ2n) is 12.5. The van der Waals surface area contributed by atoms with E-state index in [1.165, 1.54) is 42.1 Å². The van der Waals surface area contributed by atoms with Gasteiger partial charge in [0.25, 0.3) is 0 Å². The average Bonchev–Trinajstić information content (AvgIpc) is 3.83. The van der Waals surface area contributed by atoms with Crippen molar-refractivity contribution in [2.24, 2.45) is 14.1 Å². The van der Waals surface area contributed by atoms with Crippen LogP contribution in [-0.4, -0.2) is 98.4 Å². The summed E-state index contributed by atoms with van der Waals surface area (Å²) in [5.41, 5.74) is -24.6. The molecule has 0 aliphatic carbocycles. The predicted molar refractivity (Wildman–Crippen MR) is 220 cm³/mol. The Labute approximate surface area is 438 Å². The van der Waals surface area contributed by atoms with E-state index >= 15 is 0 Å². The second-order valence-corrected chi connectivity index (χ2v) is 23.7. The molecule has 0 radical (unpaired) electrons. The third-order valence-corrected chi connectivity index (χ3v) is 15.9. The minimum absolute atomic E-state index is 0. The highest BCUT2D eigenvalue weighted by molar-refractivity contribution is 14.1. The number of hydrogen-bond acceptors (Lipinski definition) is 9. The summed E-state index contributed by atoms with van der Waals surface area (Å²) in [6.45, 7) is -1.39. The molecule has 0 fully saturated rings. The molecule has 444 valence electrons. The number of alkyl halides is 23. The molecule has 76 heavy (non-hydrogen) atoms. The Bertz CT molecular complexity index is 2600. The molecule has 0 saturated heterocycles. The quantitative estimate of drug-likeness (QED) is 0.0821. The Kier molecular flexibility index (Phi) is 30.6. The van der Waals surface area contributed by atoms with Gasteiger partial charge in [0.1, 0.15) is 24.0 Å². The van der Waals surface area contributed by atoms with Gasteiger partial charge in [0.2, 0.25) is 10.8 Å². The zero-order valence-electron chi connectivity index (χ0n) is 35.0. The van der Waals surface area contributed by atoms with Crippen LogP contribution in [0, 0.1) is 18.8 Å². The number of halogens is 26. The van der Waals surface area contributed by atoms with Gasteiger partial charge in [0.15, 0.2) is 10.1 Å². The first-order valence-electron chi connectivity index (χ1n) is 16.9. The molecular formula is C32H34F24I2N6O8S4+2. The summed E-state index contributed by atoms with van der Waals surface area (Å²) in [5.74, 6) is -10.1. The molecule has 0 spiro atoms. The van der Waals surface area contributed by atoms with Gasteiger partial charge in [0.05, 0.1) is 13.4 Å². The van der Waals surface area contributed by atoms with Crippen molar-refractivity contribution in [3.05, 3.63) is 105 Å². The predicted octanol–water partition coefficient (Wildman–Crippen LogP) is 6.47. The van der Waals surface area contributed by atoms with Crippen LogP contribution in [-0.2, 0) is 60.7 Å². The lowest BCUT2D eigenvalue weighted by atomic mass is 10.3. The van der Waals surface area contributed by atoms with E-state index < -0.39 is 133 Å². The monoisotopic (exact) mass is 1470 g/mol. The van der Waals surface area contributed by atoms with Gasteiger partial charge in [-0.25, -0.2) is 56.6 Å². The normalized spacial score (nSPS) is 12.9. The van der Waals surface area contributed by atoms with Crippen molar-refractivity contribution in [1.82, 2.24) is 22.4 Å². The number of imidazole rings is 2. The molecule has 0 bridgehead atoms. The van der Waals surface area contributed by atoms with Crippen LogP contribution in [0.1, 0.15) is 14.9 Å². The molecule has 14 nitrogen and oxygen atoms in total. The fraction of sp³-hybridized carbons (Fsp3) is 0.438. The number of sulfonamides is 4. The molecular weight excluding hydrogens is 1430 g/mol. The van der Waals surface area contributed by atoms with Crippen LogP contribution < -0.4 is 34.0 Å². The first kappa shape index (κ1) is 78.9. The number of aromatic nitrogens is 4. The first-order chi connectivity index (χ1) is 32.5. The van der Waals surface area contributed by atoms with Crippen molar-refractivity contribution >= 4 is 62.7 Å². The molecule has 2 heterocycles. The smallest absolute Gasteiger partial charge is 0.341 e. The maximum absolute atomic E-state index is 12.5. The molecule has 4 rings (SSSR count). The van der Waals surface area contributed by atoms with Crippen LogP contribution in [0.4, 0.5) is 105 Å². The van der Waals surface area contributed by atoms with E-state index in [1.54, 1.807) is 24.7 Å². The SMILES string of the molecule is C.C.C[n+]1ccn(CC(F)(F)C(F)(F)F)c1.Cn1ccnc1.Fc1ccc(I)cc1.Fc1ccc([I+]CC(F)(F)C(F)(F)F)cc1.O=S(=O)(NS(=O)(=O)C(F)(F)F)C(F)(F)F.O=S(=O)(NS(=O)(=O)C(F)(F)F)C(F)(F)F. The average molecular weight is 1470 g/mol. The Morgan fingerprint density at radius 1 is 0.553 bits per heavy atom. The van der Waals surface area contributed by atoms with Gasteiger partial charge in [-0.05, 0) is 71.1 Å². The van der Waals surface area contributed by atoms with Crippen LogP contribution in [0.2, 0.25) is 0 Å². The van der Waals surface area contributed by atoms with Crippen molar-refractivity contribution in [3.63, 3.8) is 0 Å². The molecule has 0 saturated carbocycles. The van der Waals surface area contributed by atoms with Crippen molar-refractivity contribution < 1.29 is 165 Å². The number of benzene rings is 2. The lowest BCUT2D eigenvalue weighted by Gasteiger charge is -2.16. The van der Waals surface area contributed by atoms with Gasteiger partial charge in [-0.3, -0.25) is 0 Å². The van der Waals surface area contributed by atoms with Gasteiger partial charge in [-0.2, -0.15) is 96.6 Å². The molecule has 2 aromatic heterocycles. The number of aryl methyl sites for hydroxylation is 2. The van der Waals surface area contributed by atoms with Crippen LogP contribution in [0.5, 0.6) is 0 Å². The van der Waals surface area contributed by atoms with Crippen LogP contribution in [0.25, 0.3) is 0 Å². The van der Waals surface area contributed by atoms with Crippen molar-refractivity contribution in [2.75, 3.05) is 4.43 Å². The Morgan fingerprint density at radius 2 is 0.882 bits per heavy atom. The number of hydrogen-bond donors (Lipinski definition) is 2. The summed E-state index contributed by atoms with van der Waals surface area (Å²) < 4.78 is 366. The van der Waals surface area contributed by atoms with Crippen LogP contribution in [0.3, 0.4) is 0 Å². The zero-order chi connectivity index (χ0) is 59.2. The summed E-state index contributed by atoms with van der Waals surface area (Å²) in [6, 6.07) is 10.9. The molecule has 0 amide bonds. The van der Waals surface area contributed by atoms with E-state index in [0.29, 0.717) is 3.57 Å². The van der Waals surface area contributed by atoms with Gasteiger partial charge in [0, 0.05) is 23.0 Å². The number of nitrogens with one attached hydrogen (secondary N) is 2. The Morgan fingerprint density at radius 3 is 1.11 bits per heavy atom. The molecule has 44 heteroatoms. The summed E-state index contributed by atoms with van der Waals surface area (Å²) in [4.78, 5) is 3.78. The van der Waals surface area contributed by atoms with Crippen LogP contribution in [0.15, 0.2) is 86.0 Å². The summed E-state index contributed by atoms with van der Waals surface area (Å²) in [7, 11) is -22.9. The third kappa shape index (κ3) is 28.3. The second kappa shape index (κ2) is 29.5. The largest absolute Gasteiger partial charge is 0.512 e. The van der Waals surface area contributed by atoms with Crippen molar-refractivity contribution in [1.29, 1.82) is 0 Å². The highest BCUT2D eigenvalue weighted by Gasteiger charge is 2.61. The molecule has 0 unspecified atom stereocenters. The highest BCUT2D eigenvalue weighted by atomic mass is 127. The van der Waals surface area contributed by atoms with E-state index in [9.17, 15) is 139 Å². The van der Waals surface area contributed by atoms with Crippen molar-refractivity contribution in [2.45, 2.75) is 67.6 Å². The Balaban J connectivity index is -0.000000416.